The molecule has 0 aliphatic heterocycles. The molecule has 1 aromatic carbocycles. The fourth-order valence-electron chi connectivity index (χ4n) is 1.48. The first kappa shape index (κ1) is 15.0. The van der Waals surface area contributed by atoms with E-state index in [2.05, 4.69) is 10.6 Å². The van der Waals surface area contributed by atoms with Gasteiger partial charge in [-0.05, 0) is 18.4 Å². The van der Waals surface area contributed by atoms with Crippen LogP contribution in [0.1, 0.15) is 32.4 Å². The van der Waals surface area contributed by atoms with Crippen molar-refractivity contribution in [1.29, 1.82) is 0 Å². The van der Waals surface area contributed by atoms with Gasteiger partial charge in [0, 0.05) is 6.04 Å². The minimum absolute atomic E-state index is 0.0229. The molecule has 3 N–H and O–H groups in total. The van der Waals surface area contributed by atoms with E-state index in [0.717, 1.165) is 0 Å². The van der Waals surface area contributed by atoms with Crippen molar-refractivity contribution in [1.82, 2.24) is 10.6 Å². The van der Waals surface area contributed by atoms with Gasteiger partial charge in [0.1, 0.15) is 0 Å². The number of carbonyl (C=O) groups excluding carboxylic acids is 1. The lowest BCUT2D eigenvalue weighted by molar-refractivity contribution is -0.139. The molecule has 0 aromatic heterocycles. The Labute approximate surface area is 113 Å². The smallest absolute Gasteiger partial charge is 0.330 e. The van der Waals surface area contributed by atoms with Crippen LogP contribution >= 0.6 is 0 Å². The molecule has 2 atom stereocenters. The lowest BCUT2D eigenvalue weighted by atomic mass is 10.1. The maximum Gasteiger partial charge on any atom is 0.330 e. The van der Waals surface area contributed by atoms with Crippen LogP contribution < -0.4 is 10.6 Å². The molecule has 19 heavy (non-hydrogen) atoms. The molecule has 0 fully saturated rings. The first-order valence-electron chi connectivity index (χ1n) is 6.26. The molecule has 104 valence electrons. The quantitative estimate of drug-likeness (QED) is 0.762. The Morgan fingerprint density at radius 2 is 1.63 bits per heavy atom. The van der Waals surface area contributed by atoms with Crippen molar-refractivity contribution >= 4 is 12.0 Å². The molecular formula is C14H20N2O3. The summed E-state index contributed by atoms with van der Waals surface area (Å²) >= 11 is 0. The molecule has 5 heteroatoms. The highest BCUT2D eigenvalue weighted by atomic mass is 16.4. The second kappa shape index (κ2) is 6.78. The number of nitrogens with one attached hydrogen (secondary N) is 2. The Morgan fingerprint density at radius 1 is 1.05 bits per heavy atom. The standard InChI is InChI=1S/C14H20N2O3/c1-9(2)10(3)15-14(19)16-12(13(17)18)11-7-5-4-6-8-11/h4-10,12H,1-3H3,(H,17,18)(H2,15,16,19)/t10?,12-/m0/s1. The van der Waals surface area contributed by atoms with Crippen LogP contribution in [0.5, 0.6) is 0 Å². The summed E-state index contributed by atoms with van der Waals surface area (Å²) < 4.78 is 0. The number of rotatable bonds is 5. The SMILES string of the molecule is CC(C)C(C)NC(=O)N[C@H](C(=O)O)c1ccccc1. The number of hydrogen-bond donors (Lipinski definition) is 3. The molecule has 0 spiro atoms. The van der Waals surface area contributed by atoms with Gasteiger partial charge in [-0.25, -0.2) is 9.59 Å². The van der Waals surface area contributed by atoms with Crippen molar-refractivity contribution in [2.45, 2.75) is 32.9 Å². The van der Waals surface area contributed by atoms with Crippen molar-refractivity contribution in [2.75, 3.05) is 0 Å². The highest BCUT2D eigenvalue weighted by Crippen LogP contribution is 2.12. The highest BCUT2D eigenvalue weighted by Gasteiger charge is 2.22. The topological polar surface area (TPSA) is 78.4 Å². The van der Waals surface area contributed by atoms with Gasteiger partial charge in [-0.2, -0.15) is 0 Å². The molecule has 5 nitrogen and oxygen atoms in total. The van der Waals surface area contributed by atoms with Crippen LogP contribution in [-0.2, 0) is 4.79 Å². The van der Waals surface area contributed by atoms with Crippen molar-refractivity contribution < 1.29 is 14.7 Å². The Bertz CT molecular complexity index is 432. The number of amides is 2. The van der Waals surface area contributed by atoms with Gasteiger partial charge >= 0.3 is 12.0 Å². The molecule has 0 heterocycles. The zero-order valence-corrected chi connectivity index (χ0v) is 11.4. The lowest BCUT2D eigenvalue weighted by Gasteiger charge is -2.20. The van der Waals surface area contributed by atoms with Crippen LogP contribution in [-0.4, -0.2) is 23.1 Å². The summed E-state index contributed by atoms with van der Waals surface area (Å²) in [6.45, 7) is 5.84. The van der Waals surface area contributed by atoms with E-state index in [1.807, 2.05) is 20.8 Å². The molecule has 1 unspecified atom stereocenters. The van der Waals surface area contributed by atoms with E-state index >= 15 is 0 Å². The fraction of sp³-hybridized carbons (Fsp3) is 0.429. The van der Waals surface area contributed by atoms with Gasteiger partial charge in [0.05, 0.1) is 0 Å². The molecule has 0 saturated carbocycles. The summed E-state index contributed by atoms with van der Waals surface area (Å²) in [5.74, 6) is -0.802. The van der Waals surface area contributed by atoms with Crippen LogP contribution in [0.25, 0.3) is 0 Å². The van der Waals surface area contributed by atoms with Crippen molar-refractivity contribution in [3.05, 3.63) is 35.9 Å². The van der Waals surface area contributed by atoms with Gasteiger partial charge in [-0.1, -0.05) is 44.2 Å². The van der Waals surface area contributed by atoms with E-state index in [-0.39, 0.29) is 12.0 Å². The van der Waals surface area contributed by atoms with Gasteiger partial charge in [0.2, 0.25) is 0 Å². The zero-order valence-electron chi connectivity index (χ0n) is 11.4. The Morgan fingerprint density at radius 3 is 2.11 bits per heavy atom. The summed E-state index contributed by atoms with van der Waals surface area (Å²) in [5.41, 5.74) is 0.544. The number of carboxylic acids is 1. The molecule has 0 saturated heterocycles. The van der Waals surface area contributed by atoms with Gasteiger partial charge in [0.15, 0.2) is 6.04 Å². The van der Waals surface area contributed by atoms with Gasteiger partial charge in [-0.3, -0.25) is 0 Å². The maximum atomic E-state index is 11.8. The van der Waals surface area contributed by atoms with Crippen LogP contribution in [0.3, 0.4) is 0 Å². The number of urea groups is 1. The lowest BCUT2D eigenvalue weighted by Crippen LogP contribution is -2.45. The van der Waals surface area contributed by atoms with Crippen LogP contribution in [0.2, 0.25) is 0 Å². The number of carboxylic acid groups (broad SMARTS) is 1. The Kier molecular flexibility index (Phi) is 5.36. The largest absolute Gasteiger partial charge is 0.479 e. The summed E-state index contributed by atoms with van der Waals surface area (Å²) in [7, 11) is 0. The highest BCUT2D eigenvalue weighted by molar-refractivity contribution is 5.83. The van der Waals surface area contributed by atoms with E-state index in [4.69, 9.17) is 0 Å². The third kappa shape index (κ3) is 4.62. The Hall–Kier alpha value is -2.04. The van der Waals surface area contributed by atoms with Gasteiger partial charge in [0.25, 0.3) is 0 Å². The average Bonchev–Trinajstić information content (AvgIpc) is 2.36. The normalized spacial score (nSPS) is 13.7. The minimum Gasteiger partial charge on any atom is -0.479 e. The van der Waals surface area contributed by atoms with E-state index in [9.17, 15) is 14.7 Å². The number of benzene rings is 1. The van der Waals surface area contributed by atoms with Crippen molar-refractivity contribution in [3.63, 3.8) is 0 Å². The third-order valence-corrected chi connectivity index (χ3v) is 3.01. The average molecular weight is 264 g/mol. The number of carbonyl (C=O) groups is 2. The minimum atomic E-state index is -1.08. The molecule has 1 rings (SSSR count). The summed E-state index contributed by atoms with van der Waals surface area (Å²) in [5, 5.41) is 14.4. The second-order valence-electron chi connectivity index (χ2n) is 4.83. The van der Waals surface area contributed by atoms with E-state index in [1.165, 1.54) is 0 Å². The zero-order chi connectivity index (χ0) is 14.4. The van der Waals surface area contributed by atoms with Crippen molar-refractivity contribution in [3.8, 4) is 0 Å². The van der Waals surface area contributed by atoms with Gasteiger partial charge in [-0.15, -0.1) is 0 Å². The molecule has 2 amide bonds. The molecular weight excluding hydrogens is 244 g/mol. The molecule has 0 aliphatic carbocycles. The molecule has 1 aromatic rings. The summed E-state index contributed by atoms with van der Waals surface area (Å²) in [6, 6.07) is 7.07. The van der Waals surface area contributed by atoms with Gasteiger partial charge < -0.3 is 15.7 Å². The van der Waals surface area contributed by atoms with E-state index < -0.39 is 18.0 Å². The predicted octanol–water partition coefficient (Wildman–Crippen LogP) is 2.16. The fourth-order valence-corrected chi connectivity index (χ4v) is 1.48. The predicted molar refractivity (Wildman–Crippen MR) is 72.8 cm³/mol. The van der Waals surface area contributed by atoms with E-state index in [0.29, 0.717) is 5.56 Å². The van der Waals surface area contributed by atoms with Crippen LogP contribution in [0.15, 0.2) is 30.3 Å². The van der Waals surface area contributed by atoms with Crippen LogP contribution in [0.4, 0.5) is 4.79 Å². The van der Waals surface area contributed by atoms with E-state index in [1.54, 1.807) is 30.3 Å². The molecule has 0 aliphatic rings. The summed E-state index contributed by atoms with van der Waals surface area (Å²) in [4.78, 5) is 23.0. The monoisotopic (exact) mass is 264 g/mol. The summed E-state index contributed by atoms with van der Waals surface area (Å²) in [6.07, 6.45) is 0. The number of hydrogen-bond acceptors (Lipinski definition) is 2. The van der Waals surface area contributed by atoms with Crippen molar-refractivity contribution in [2.24, 2.45) is 5.92 Å². The number of aliphatic carboxylic acids is 1. The first-order valence-corrected chi connectivity index (χ1v) is 6.26. The first-order chi connectivity index (χ1) is 8.91. The Balaban J connectivity index is 2.70. The third-order valence-electron chi connectivity index (χ3n) is 3.01. The molecule has 0 bridgehead atoms. The second-order valence-corrected chi connectivity index (χ2v) is 4.83. The molecule has 0 radical (unpaired) electrons. The van der Waals surface area contributed by atoms with Crippen LogP contribution in [0, 0.1) is 5.92 Å². The maximum absolute atomic E-state index is 11.8.